The molecule has 7 atom stereocenters. The van der Waals surface area contributed by atoms with Gasteiger partial charge in [0.1, 0.15) is 24.4 Å². The average Bonchev–Trinajstić information content (AvgIpc) is 3.39. The van der Waals surface area contributed by atoms with Crippen molar-refractivity contribution in [3.8, 4) is 0 Å². The van der Waals surface area contributed by atoms with Crippen molar-refractivity contribution in [3.05, 3.63) is 0 Å². The number of hydrogen-bond donors (Lipinski definition) is 6. The maximum absolute atomic E-state index is 13.1. The van der Waals surface area contributed by atoms with Crippen LogP contribution in [0.4, 0.5) is 0 Å². The molecule has 436 valence electrons. The monoisotopic (exact) mass is 1040 g/mol. The van der Waals surface area contributed by atoms with Gasteiger partial charge in [0.15, 0.2) is 6.29 Å². The normalized spacial score (nSPS) is 18.9. The standard InChI is InChI=1S/C64H127NO8/c1-3-5-7-9-11-13-15-17-19-20-21-22-23-24-25-26-27-28-29-30-31-32-33-34-35-36-37-38-40-42-44-46-48-50-52-54-60(68)65-57(56-72-64-63(71)62(70)61(69)59(55-66)73-64)58(67)53-51-49-47-45-43-41-39-18-16-14-12-10-8-6-4-2/h57-59,61-64,66-67,69-71H,3-56H2,1-2H3,(H,65,68)/t57-,58+,59+,61+,62?,63?,64+/m0/s1. The van der Waals surface area contributed by atoms with Crippen LogP contribution in [-0.2, 0) is 14.3 Å². The van der Waals surface area contributed by atoms with Crippen molar-refractivity contribution in [1.29, 1.82) is 0 Å². The molecule has 0 aromatic heterocycles. The fourth-order valence-corrected chi connectivity index (χ4v) is 11.0. The molecule has 0 bridgehead atoms. The zero-order valence-corrected chi connectivity index (χ0v) is 48.7. The lowest BCUT2D eigenvalue weighted by Crippen LogP contribution is -2.60. The number of aliphatic hydroxyl groups is 5. The lowest BCUT2D eigenvalue weighted by Gasteiger charge is -2.40. The molecule has 73 heavy (non-hydrogen) atoms. The van der Waals surface area contributed by atoms with Gasteiger partial charge in [-0.2, -0.15) is 0 Å². The summed E-state index contributed by atoms with van der Waals surface area (Å²) >= 11 is 0. The lowest BCUT2D eigenvalue weighted by molar-refractivity contribution is -0.302. The summed E-state index contributed by atoms with van der Waals surface area (Å²) < 4.78 is 11.3. The first-order valence-electron chi connectivity index (χ1n) is 32.7. The van der Waals surface area contributed by atoms with Gasteiger partial charge in [-0.1, -0.05) is 328 Å². The lowest BCUT2D eigenvalue weighted by atomic mass is 9.99. The van der Waals surface area contributed by atoms with Crippen LogP contribution in [0.5, 0.6) is 0 Å². The molecule has 0 aliphatic carbocycles. The molecule has 1 fully saturated rings. The second-order valence-corrected chi connectivity index (χ2v) is 23.3. The Hall–Kier alpha value is -0.810. The molecule has 1 heterocycles. The molecule has 6 N–H and O–H groups in total. The van der Waals surface area contributed by atoms with Crippen molar-refractivity contribution >= 4 is 5.91 Å². The number of ether oxygens (including phenoxy) is 2. The van der Waals surface area contributed by atoms with Crippen LogP contribution in [0.2, 0.25) is 0 Å². The molecule has 0 radical (unpaired) electrons. The van der Waals surface area contributed by atoms with Gasteiger partial charge in [0.25, 0.3) is 0 Å². The van der Waals surface area contributed by atoms with Crippen LogP contribution in [0, 0.1) is 0 Å². The molecule has 0 spiro atoms. The Balaban J connectivity index is 2.04. The number of unbranched alkanes of at least 4 members (excludes halogenated alkanes) is 48. The maximum atomic E-state index is 13.1. The molecule has 0 aromatic rings. The third kappa shape index (κ3) is 43.8. The quantitative estimate of drug-likeness (QED) is 0.0330. The number of hydrogen-bond acceptors (Lipinski definition) is 8. The summed E-state index contributed by atoms with van der Waals surface area (Å²) in [6, 6.07) is -0.713. The highest BCUT2D eigenvalue weighted by atomic mass is 16.7. The van der Waals surface area contributed by atoms with E-state index in [9.17, 15) is 30.3 Å². The second-order valence-electron chi connectivity index (χ2n) is 23.3. The number of carbonyl (C=O) groups excluding carboxylic acids is 1. The molecule has 0 saturated carbocycles. The predicted molar refractivity (Wildman–Crippen MR) is 309 cm³/mol. The van der Waals surface area contributed by atoms with E-state index in [1.807, 2.05) is 0 Å². The van der Waals surface area contributed by atoms with E-state index in [2.05, 4.69) is 19.2 Å². The minimum absolute atomic E-state index is 0.131. The fourth-order valence-electron chi connectivity index (χ4n) is 11.0. The van der Waals surface area contributed by atoms with Gasteiger partial charge in [-0.3, -0.25) is 4.79 Å². The highest BCUT2D eigenvalue weighted by Crippen LogP contribution is 2.24. The highest BCUT2D eigenvalue weighted by molar-refractivity contribution is 5.76. The van der Waals surface area contributed by atoms with E-state index in [1.165, 1.54) is 283 Å². The Kier molecular flexibility index (Phi) is 52.5. The van der Waals surface area contributed by atoms with Crippen LogP contribution in [0.25, 0.3) is 0 Å². The molecular weight excluding hydrogens is 911 g/mol. The van der Waals surface area contributed by atoms with Crippen molar-refractivity contribution < 1.29 is 39.8 Å². The first kappa shape index (κ1) is 70.2. The van der Waals surface area contributed by atoms with Gasteiger partial charge in [0.2, 0.25) is 5.91 Å². The third-order valence-electron chi connectivity index (χ3n) is 16.2. The molecule has 1 amide bonds. The summed E-state index contributed by atoms with van der Waals surface area (Å²) in [5.41, 5.74) is 0. The highest BCUT2D eigenvalue weighted by Gasteiger charge is 2.44. The SMILES string of the molecule is CCCCCCCCCCCCCCCCCCCCCCCCCCCCCCCCCCCCCC(=O)N[C@@H](CO[C@@H]1O[C@H](CO)[C@@H](O)C(O)C1O)[C@H](O)CCCCCCCCCCCCCCCCC. The van der Waals surface area contributed by atoms with E-state index in [0.717, 1.165) is 38.5 Å². The van der Waals surface area contributed by atoms with Gasteiger partial charge in [-0.05, 0) is 12.8 Å². The van der Waals surface area contributed by atoms with Gasteiger partial charge in [0, 0.05) is 6.42 Å². The number of amides is 1. The third-order valence-corrected chi connectivity index (χ3v) is 16.2. The summed E-state index contributed by atoms with van der Waals surface area (Å²) in [6.45, 7) is 3.89. The summed E-state index contributed by atoms with van der Waals surface area (Å²) in [5.74, 6) is -0.135. The first-order valence-corrected chi connectivity index (χ1v) is 32.7. The molecule has 1 aliphatic heterocycles. The van der Waals surface area contributed by atoms with Gasteiger partial charge >= 0.3 is 0 Å². The summed E-state index contributed by atoms with van der Waals surface area (Å²) in [7, 11) is 0. The van der Waals surface area contributed by atoms with Gasteiger partial charge in [-0.25, -0.2) is 0 Å². The zero-order chi connectivity index (χ0) is 52.9. The van der Waals surface area contributed by atoms with Crippen LogP contribution >= 0.6 is 0 Å². The summed E-state index contributed by atoms with van der Waals surface area (Å²) in [6.07, 6.45) is 60.3. The van der Waals surface area contributed by atoms with Crippen molar-refractivity contribution in [2.45, 2.75) is 391 Å². The van der Waals surface area contributed by atoms with Crippen molar-refractivity contribution in [1.82, 2.24) is 5.32 Å². The van der Waals surface area contributed by atoms with Crippen LogP contribution in [0.1, 0.15) is 348 Å². The van der Waals surface area contributed by atoms with E-state index in [4.69, 9.17) is 9.47 Å². The van der Waals surface area contributed by atoms with Gasteiger partial charge < -0.3 is 40.3 Å². The number of carbonyl (C=O) groups is 1. The number of nitrogens with one attached hydrogen (secondary N) is 1. The Morgan fingerprint density at radius 1 is 0.411 bits per heavy atom. The van der Waals surface area contributed by atoms with Crippen LogP contribution in [0.3, 0.4) is 0 Å². The topological polar surface area (TPSA) is 149 Å². The van der Waals surface area contributed by atoms with Gasteiger partial charge in [0.05, 0.1) is 25.4 Å². The number of aliphatic hydroxyl groups excluding tert-OH is 5. The molecule has 1 aliphatic rings. The molecular formula is C64H127NO8. The predicted octanol–water partition coefficient (Wildman–Crippen LogP) is 17.0. The molecule has 9 nitrogen and oxygen atoms in total. The molecule has 9 heteroatoms. The van der Waals surface area contributed by atoms with Crippen LogP contribution < -0.4 is 5.32 Å². The van der Waals surface area contributed by atoms with Crippen molar-refractivity contribution in [2.24, 2.45) is 0 Å². The summed E-state index contributed by atoms with van der Waals surface area (Å²) in [4.78, 5) is 13.1. The van der Waals surface area contributed by atoms with Crippen molar-refractivity contribution in [2.75, 3.05) is 13.2 Å². The van der Waals surface area contributed by atoms with E-state index < -0.39 is 49.5 Å². The van der Waals surface area contributed by atoms with E-state index in [0.29, 0.717) is 12.8 Å². The van der Waals surface area contributed by atoms with Gasteiger partial charge in [-0.15, -0.1) is 0 Å². The van der Waals surface area contributed by atoms with Crippen LogP contribution in [-0.4, -0.2) is 87.5 Å². The maximum Gasteiger partial charge on any atom is 0.220 e. The Bertz CT molecular complexity index is 1110. The van der Waals surface area contributed by atoms with Crippen LogP contribution in [0.15, 0.2) is 0 Å². The second kappa shape index (κ2) is 54.5. The molecule has 2 unspecified atom stereocenters. The minimum Gasteiger partial charge on any atom is -0.394 e. The van der Waals surface area contributed by atoms with E-state index in [1.54, 1.807) is 0 Å². The minimum atomic E-state index is -1.55. The van der Waals surface area contributed by atoms with Crippen molar-refractivity contribution in [3.63, 3.8) is 0 Å². The smallest absolute Gasteiger partial charge is 0.220 e. The Morgan fingerprint density at radius 3 is 0.973 bits per heavy atom. The fraction of sp³-hybridized carbons (Fsp3) is 0.984. The van der Waals surface area contributed by atoms with E-state index in [-0.39, 0.29) is 12.5 Å². The van der Waals surface area contributed by atoms with E-state index >= 15 is 0 Å². The average molecular weight is 1040 g/mol. The Morgan fingerprint density at radius 2 is 0.685 bits per heavy atom. The Labute approximate surface area is 453 Å². The zero-order valence-electron chi connectivity index (χ0n) is 48.7. The first-order chi connectivity index (χ1) is 35.8. The largest absolute Gasteiger partial charge is 0.394 e. The summed E-state index contributed by atoms with van der Waals surface area (Å²) in [5, 5.41) is 54.7. The molecule has 1 saturated heterocycles. The molecule has 1 rings (SSSR count). The molecule has 0 aromatic carbocycles. The number of rotatable bonds is 58.